The van der Waals surface area contributed by atoms with Gasteiger partial charge in [0.25, 0.3) is 0 Å². The van der Waals surface area contributed by atoms with Crippen molar-refractivity contribution in [3.63, 3.8) is 0 Å². The highest BCUT2D eigenvalue weighted by atomic mass is 19.1. The molecule has 0 radical (unpaired) electrons. The SMILES string of the molecule is CN(C(=O)OCc1ccccc1)[C@H]1CN(c2nccc(N)n2)CC[C@H]1F. The van der Waals surface area contributed by atoms with Crippen LogP contribution in [0.15, 0.2) is 42.6 Å². The van der Waals surface area contributed by atoms with Crippen molar-refractivity contribution in [1.82, 2.24) is 14.9 Å². The van der Waals surface area contributed by atoms with Crippen molar-refractivity contribution >= 4 is 17.9 Å². The summed E-state index contributed by atoms with van der Waals surface area (Å²) in [5.74, 6) is 0.789. The number of carbonyl (C=O) groups is 1. The highest BCUT2D eigenvalue weighted by Gasteiger charge is 2.35. The van der Waals surface area contributed by atoms with Gasteiger partial charge in [0.05, 0.1) is 6.04 Å². The maximum atomic E-state index is 14.4. The monoisotopic (exact) mass is 359 g/mol. The number of hydrogen-bond acceptors (Lipinski definition) is 6. The Labute approximate surface area is 151 Å². The zero-order valence-corrected chi connectivity index (χ0v) is 14.6. The highest BCUT2D eigenvalue weighted by Crippen LogP contribution is 2.22. The summed E-state index contributed by atoms with van der Waals surface area (Å²) in [5.41, 5.74) is 6.57. The van der Waals surface area contributed by atoms with E-state index in [9.17, 15) is 9.18 Å². The lowest BCUT2D eigenvalue weighted by atomic mass is 10.0. The molecule has 1 saturated heterocycles. The molecule has 0 aliphatic carbocycles. The normalized spacial score (nSPS) is 19.8. The quantitative estimate of drug-likeness (QED) is 0.901. The molecule has 7 nitrogen and oxygen atoms in total. The lowest BCUT2D eigenvalue weighted by Crippen LogP contribution is -2.54. The molecule has 1 aliphatic heterocycles. The van der Waals surface area contributed by atoms with Crippen molar-refractivity contribution in [2.75, 3.05) is 30.8 Å². The number of piperidine rings is 1. The number of anilines is 2. The summed E-state index contributed by atoms with van der Waals surface area (Å²) in [4.78, 5) is 23.8. The minimum atomic E-state index is -1.14. The van der Waals surface area contributed by atoms with Crippen molar-refractivity contribution in [2.45, 2.75) is 25.2 Å². The second kappa shape index (κ2) is 7.99. The molecule has 3 rings (SSSR count). The van der Waals surface area contributed by atoms with Gasteiger partial charge in [0, 0.05) is 26.3 Å². The molecule has 8 heteroatoms. The average molecular weight is 359 g/mol. The van der Waals surface area contributed by atoms with Crippen LogP contribution in [0.2, 0.25) is 0 Å². The first kappa shape index (κ1) is 17.9. The average Bonchev–Trinajstić information content (AvgIpc) is 2.66. The number of carbonyl (C=O) groups excluding carboxylic acids is 1. The van der Waals surface area contributed by atoms with Crippen LogP contribution in [0.25, 0.3) is 0 Å². The van der Waals surface area contributed by atoms with Gasteiger partial charge in [-0.25, -0.2) is 14.2 Å². The van der Waals surface area contributed by atoms with Crippen LogP contribution >= 0.6 is 0 Å². The van der Waals surface area contributed by atoms with Gasteiger partial charge in [-0.15, -0.1) is 0 Å². The van der Waals surface area contributed by atoms with Crippen LogP contribution in [-0.4, -0.2) is 53.3 Å². The van der Waals surface area contributed by atoms with Crippen LogP contribution in [0.4, 0.5) is 21.0 Å². The van der Waals surface area contributed by atoms with Crippen LogP contribution in [0.3, 0.4) is 0 Å². The number of aromatic nitrogens is 2. The first-order chi connectivity index (χ1) is 12.5. The molecule has 2 atom stereocenters. The molecule has 1 aromatic heterocycles. The Bertz CT molecular complexity index is 745. The van der Waals surface area contributed by atoms with Crippen molar-refractivity contribution in [2.24, 2.45) is 0 Å². The number of amides is 1. The van der Waals surface area contributed by atoms with Gasteiger partial charge >= 0.3 is 6.09 Å². The van der Waals surface area contributed by atoms with Crippen LogP contribution in [-0.2, 0) is 11.3 Å². The smallest absolute Gasteiger partial charge is 0.410 e. The summed E-state index contributed by atoms with van der Waals surface area (Å²) in [6.45, 7) is 0.894. The van der Waals surface area contributed by atoms with E-state index < -0.39 is 18.3 Å². The minimum Gasteiger partial charge on any atom is -0.445 e. The van der Waals surface area contributed by atoms with Crippen LogP contribution < -0.4 is 10.6 Å². The number of alkyl halides is 1. The van der Waals surface area contributed by atoms with Gasteiger partial charge in [-0.2, -0.15) is 4.98 Å². The van der Waals surface area contributed by atoms with E-state index in [1.807, 2.05) is 35.2 Å². The Kier molecular flexibility index (Phi) is 5.50. The van der Waals surface area contributed by atoms with Gasteiger partial charge < -0.3 is 20.3 Å². The molecule has 1 amide bonds. The Morgan fingerprint density at radius 2 is 2.15 bits per heavy atom. The molecular formula is C18H22FN5O2. The Morgan fingerprint density at radius 1 is 1.38 bits per heavy atom. The largest absolute Gasteiger partial charge is 0.445 e. The zero-order valence-electron chi connectivity index (χ0n) is 14.6. The molecule has 0 saturated carbocycles. The molecule has 2 N–H and O–H groups in total. The summed E-state index contributed by atoms with van der Waals surface area (Å²) in [5, 5.41) is 0. The number of halogens is 1. The molecule has 1 aromatic carbocycles. The molecule has 1 aliphatic rings. The molecule has 1 fully saturated rings. The maximum absolute atomic E-state index is 14.4. The lowest BCUT2D eigenvalue weighted by molar-refractivity contribution is 0.0651. The third kappa shape index (κ3) is 4.19. The van der Waals surface area contributed by atoms with E-state index in [4.69, 9.17) is 10.5 Å². The molecule has 0 unspecified atom stereocenters. The number of nitrogens with zero attached hydrogens (tertiary/aromatic N) is 4. The van der Waals surface area contributed by atoms with E-state index in [0.29, 0.717) is 18.3 Å². The van der Waals surface area contributed by atoms with E-state index >= 15 is 0 Å². The summed E-state index contributed by atoms with van der Waals surface area (Å²) >= 11 is 0. The maximum Gasteiger partial charge on any atom is 0.410 e. The van der Waals surface area contributed by atoms with E-state index in [0.717, 1.165) is 5.56 Å². The Hall–Kier alpha value is -2.90. The third-order valence-corrected chi connectivity index (χ3v) is 4.44. The summed E-state index contributed by atoms with van der Waals surface area (Å²) < 4.78 is 19.8. The number of nitrogen functional groups attached to an aromatic ring is 1. The van der Waals surface area contributed by atoms with Gasteiger partial charge in [0.2, 0.25) is 5.95 Å². The number of ether oxygens (including phenoxy) is 1. The second-order valence-corrected chi connectivity index (χ2v) is 6.25. The molecule has 2 aromatic rings. The fourth-order valence-electron chi connectivity index (χ4n) is 2.92. The van der Waals surface area contributed by atoms with Crippen molar-refractivity contribution < 1.29 is 13.9 Å². The molecule has 0 spiro atoms. The summed E-state index contributed by atoms with van der Waals surface area (Å²) in [7, 11) is 1.55. The Balaban J connectivity index is 1.63. The van der Waals surface area contributed by atoms with E-state index in [1.54, 1.807) is 19.3 Å². The summed E-state index contributed by atoms with van der Waals surface area (Å²) in [6, 6.07) is 10.3. The predicted octanol–water partition coefficient (Wildman–Crippen LogP) is 2.24. The number of likely N-dealkylation sites (N-methyl/N-ethyl adjacent to an activating group) is 1. The molecule has 26 heavy (non-hydrogen) atoms. The number of nitrogens with two attached hydrogens (primary N) is 1. The van der Waals surface area contributed by atoms with Gasteiger partial charge in [-0.3, -0.25) is 0 Å². The fraction of sp³-hybridized carbons (Fsp3) is 0.389. The van der Waals surface area contributed by atoms with E-state index in [2.05, 4.69) is 9.97 Å². The standard InChI is InChI=1S/C18H22FN5O2/c1-23(18(25)26-12-13-5-3-2-4-6-13)15-11-24(10-8-14(15)19)17-21-9-7-16(20)22-17/h2-7,9,14-15H,8,10-12H2,1H3,(H2,20,21,22)/t14-,15+/m1/s1. The lowest BCUT2D eigenvalue weighted by Gasteiger charge is -2.39. The van der Waals surface area contributed by atoms with Crippen LogP contribution in [0.1, 0.15) is 12.0 Å². The summed E-state index contributed by atoms with van der Waals surface area (Å²) in [6.07, 6.45) is 0.143. The Morgan fingerprint density at radius 3 is 2.88 bits per heavy atom. The predicted molar refractivity (Wildman–Crippen MR) is 96.3 cm³/mol. The fourth-order valence-corrected chi connectivity index (χ4v) is 2.92. The first-order valence-corrected chi connectivity index (χ1v) is 8.45. The number of rotatable bonds is 4. The van der Waals surface area contributed by atoms with E-state index in [1.165, 1.54) is 4.90 Å². The number of hydrogen-bond donors (Lipinski definition) is 1. The van der Waals surface area contributed by atoms with Gasteiger partial charge in [0.15, 0.2) is 0 Å². The highest BCUT2D eigenvalue weighted by molar-refractivity contribution is 5.68. The van der Waals surface area contributed by atoms with Gasteiger partial charge in [-0.1, -0.05) is 30.3 Å². The third-order valence-electron chi connectivity index (χ3n) is 4.44. The van der Waals surface area contributed by atoms with Crippen LogP contribution in [0, 0.1) is 0 Å². The van der Waals surface area contributed by atoms with Gasteiger partial charge in [0.1, 0.15) is 18.6 Å². The zero-order chi connectivity index (χ0) is 18.5. The first-order valence-electron chi connectivity index (χ1n) is 8.45. The van der Waals surface area contributed by atoms with E-state index in [-0.39, 0.29) is 19.6 Å². The molecule has 2 heterocycles. The topological polar surface area (TPSA) is 84.6 Å². The van der Waals surface area contributed by atoms with Crippen molar-refractivity contribution in [3.05, 3.63) is 48.2 Å². The number of benzene rings is 1. The van der Waals surface area contributed by atoms with Crippen molar-refractivity contribution in [1.29, 1.82) is 0 Å². The minimum absolute atomic E-state index is 0.149. The molecular weight excluding hydrogens is 337 g/mol. The second-order valence-electron chi connectivity index (χ2n) is 6.25. The van der Waals surface area contributed by atoms with Crippen molar-refractivity contribution in [3.8, 4) is 0 Å². The molecule has 0 bridgehead atoms. The molecule has 138 valence electrons. The van der Waals surface area contributed by atoms with Crippen LogP contribution in [0.5, 0.6) is 0 Å². The van der Waals surface area contributed by atoms with Gasteiger partial charge in [-0.05, 0) is 18.1 Å².